The van der Waals surface area contributed by atoms with E-state index in [0.29, 0.717) is 6.54 Å². The van der Waals surface area contributed by atoms with Crippen molar-refractivity contribution in [2.24, 2.45) is 0 Å². The Balaban J connectivity index is 1.68. The second-order valence-corrected chi connectivity index (χ2v) is 6.58. The first-order valence-electron chi connectivity index (χ1n) is 7.37. The molecule has 0 spiro atoms. The van der Waals surface area contributed by atoms with E-state index in [9.17, 15) is 9.18 Å². The average molecular weight is 364 g/mol. The normalized spacial score (nSPS) is 12.1. The van der Waals surface area contributed by atoms with Crippen LogP contribution in [0.2, 0.25) is 5.02 Å². The van der Waals surface area contributed by atoms with Gasteiger partial charge in [0.1, 0.15) is 11.9 Å². The maximum absolute atomic E-state index is 13.8. The minimum atomic E-state index is -0.473. The second kappa shape index (κ2) is 7.59. The van der Waals surface area contributed by atoms with E-state index in [0.717, 1.165) is 4.88 Å². The zero-order chi connectivity index (χ0) is 16.9. The molecule has 0 aliphatic carbocycles. The molecule has 0 bridgehead atoms. The van der Waals surface area contributed by atoms with Crippen LogP contribution in [0.15, 0.2) is 54.2 Å². The van der Waals surface area contributed by atoms with Gasteiger partial charge in [0.25, 0.3) is 0 Å². The van der Waals surface area contributed by atoms with Gasteiger partial charge in [0, 0.05) is 34.4 Å². The van der Waals surface area contributed by atoms with Gasteiger partial charge in [-0.2, -0.15) is 5.10 Å². The third-order valence-electron chi connectivity index (χ3n) is 3.61. The van der Waals surface area contributed by atoms with Crippen LogP contribution in [0.4, 0.5) is 4.39 Å². The lowest BCUT2D eigenvalue weighted by molar-refractivity contribution is -0.120. The van der Waals surface area contributed by atoms with Crippen molar-refractivity contribution >= 4 is 28.8 Å². The summed E-state index contributed by atoms with van der Waals surface area (Å²) in [6, 6.07) is 10.1. The molecular weight excluding hydrogens is 349 g/mol. The number of halogens is 2. The lowest BCUT2D eigenvalue weighted by Gasteiger charge is -2.17. The molecule has 7 heteroatoms. The molecular formula is C17H15ClFN3OS. The molecule has 1 aromatic carbocycles. The molecule has 1 atom stereocenters. The summed E-state index contributed by atoms with van der Waals surface area (Å²) < 4.78 is 15.6. The molecule has 24 heavy (non-hydrogen) atoms. The monoisotopic (exact) mass is 363 g/mol. The van der Waals surface area contributed by atoms with Crippen molar-refractivity contribution in [3.05, 3.63) is 75.5 Å². The van der Waals surface area contributed by atoms with Crippen LogP contribution in [-0.4, -0.2) is 22.2 Å². The summed E-state index contributed by atoms with van der Waals surface area (Å²) in [6.45, 7) is 0.368. The van der Waals surface area contributed by atoms with E-state index in [2.05, 4.69) is 10.4 Å². The quantitative estimate of drug-likeness (QED) is 0.726. The predicted octanol–water partition coefficient (Wildman–Crippen LogP) is 3.69. The Labute approximate surface area is 147 Å². The SMILES string of the molecule is O=C(Cc1c(F)cccc1Cl)NCC(c1cccs1)n1cccn1. The van der Waals surface area contributed by atoms with Crippen LogP contribution in [0.1, 0.15) is 16.5 Å². The lowest BCUT2D eigenvalue weighted by Crippen LogP contribution is -2.32. The van der Waals surface area contributed by atoms with Gasteiger partial charge < -0.3 is 5.32 Å². The molecule has 3 aromatic rings. The Kier molecular flexibility index (Phi) is 5.27. The molecule has 0 radical (unpaired) electrons. The third kappa shape index (κ3) is 3.83. The summed E-state index contributed by atoms with van der Waals surface area (Å²) in [5, 5.41) is 9.33. The van der Waals surface area contributed by atoms with Crippen molar-refractivity contribution < 1.29 is 9.18 Å². The molecule has 0 aliphatic heterocycles. The van der Waals surface area contributed by atoms with Gasteiger partial charge in [0.2, 0.25) is 5.91 Å². The van der Waals surface area contributed by atoms with Gasteiger partial charge in [-0.3, -0.25) is 9.48 Å². The Morgan fingerprint density at radius 2 is 2.21 bits per heavy atom. The fraction of sp³-hybridized carbons (Fsp3) is 0.176. The van der Waals surface area contributed by atoms with Gasteiger partial charge >= 0.3 is 0 Å². The van der Waals surface area contributed by atoms with Gasteiger partial charge in [-0.1, -0.05) is 23.7 Å². The second-order valence-electron chi connectivity index (χ2n) is 5.20. The molecule has 3 rings (SSSR count). The number of nitrogens with one attached hydrogen (secondary N) is 1. The van der Waals surface area contributed by atoms with E-state index < -0.39 is 5.82 Å². The summed E-state index contributed by atoms with van der Waals surface area (Å²) in [7, 11) is 0. The molecule has 1 unspecified atom stereocenters. The summed E-state index contributed by atoms with van der Waals surface area (Å²) in [5.41, 5.74) is 0.212. The van der Waals surface area contributed by atoms with Crippen molar-refractivity contribution in [1.82, 2.24) is 15.1 Å². The van der Waals surface area contributed by atoms with Crippen LogP contribution in [-0.2, 0) is 11.2 Å². The average Bonchev–Trinajstić information content (AvgIpc) is 3.25. The fourth-order valence-corrected chi connectivity index (χ4v) is 3.45. The molecule has 0 saturated heterocycles. The highest BCUT2D eigenvalue weighted by Gasteiger charge is 2.17. The molecule has 1 amide bonds. The van der Waals surface area contributed by atoms with E-state index in [-0.39, 0.29) is 29.0 Å². The number of hydrogen-bond donors (Lipinski definition) is 1. The Hall–Kier alpha value is -2.18. The van der Waals surface area contributed by atoms with Gasteiger partial charge in [0.15, 0.2) is 0 Å². The van der Waals surface area contributed by atoms with Crippen LogP contribution in [0.5, 0.6) is 0 Å². The summed E-state index contributed by atoms with van der Waals surface area (Å²) in [4.78, 5) is 13.3. The summed E-state index contributed by atoms with van der Waals surface area (Å²) in [6.07, 6.45) is 3.45. The zero-order valence-corrected chi connectivity index (χ0v) is 14.2. The Morgan fingerprint density at radius 1 is 1.33 bits per heavy atom. The largest absolute Gasteiger partial charge is 0.353 e. The van der Waals surface area contributed by atoms with E-state index in [1.54, 1.807) is 28.3 Å². The van der Waals surface area contributed by atoms with Crippen molar-refractivity contribution in [2.75, 3.05) is 6.54 Å². The van der Waals surface area contributed by atoms with Crippen molar-refractivity contribution in [3.8, 4) is 0 Å². The summed E-state index contributed by atoms with van der Waals surface area (Å²) in [5.74, 6) is -0.754. The number of nitrogens with zero attached hydrogens (tertiary/aromatic N) is 2. The smallest absolute Gasteiger partial charge is 0.224 e. The first-order chi connectivity index (χ1) is 11.6. The number of hydrogen-bond acceptors (Lipinski definition) is 3. The molecule has 0 fully saturated rings. The standard InChI is InChI=1S/C17H15ClFN3OS/c18-13-4-1-5-14(19)12(13)10-17(23)20-11-15(16-6-2-9-24-16)22-8-3-7-21-22/h1-9,15H,10-11H2,(H,20,23). The molecule has 0 aliphatic rings. The van der Waals surface area contributed by atoms with Crippen molar-refractivity contribution in [3.63, 3.8) is 0 Å². The van der Waals surface area contributed by atoms with Crippen molar-refractivity contribution in [1.29, 1.82) is 0 Å². The zero-order valence-electron chi connectivity index (χ0n) is 12.7. The first-order valence-corrected chi connectivity index (χ1v) is 8.63. The molecule has 2 heterocycles. The lowest BCUT2D eigenvalue weighted by atomic mass is 10.1. The molecule has 4 nitrogen and oxygen atoms in total. The van der Waals surface area contributed by atoms with E-state index in [1.165, 1.54) is 12.1 Å². The van der Waals surface area contributed by atoms with E-state index >= 15 is 0 Å². The number of rotatable bonds is 6. The number of benzene rings is 1. The number of aromatic nitrogens is 2. The van der Waals surface area contributed by atoms with Crippen LogP contribution in [0.25, 0.3) is 0 Å². The highest BCUT2D eigenvalue weighted by molar-refractivity contribution is 7.10. The number of carbonyl (C=O) groups excluding carboxylic acids is 1. The maximum Gasteiger partial charge on any atom is 0.224 e. The van der Waals surface area contributed by atoms with Gasteiger partial charge in [-0.05, 0) is 29.6 Å². The minimum Gasteiger partial charge on any atom is -0.353 e. The summed E-state index contributed by atoms with van der Waals surface area (Å²) >= 11 is 7.56. The third-order valence-corrected chi connectivity index (χ3v) is 4.94. The van der Waals surface area contributed by atoms with Gasteiger partial charge in [-0.15, -0.1) is 11.3 Å². The predicted molar refractivity (Wildman–Crippen MR) is 92.8 cm³/mol. The fourth-order valence-electron chi connectivity index (χ4n) is 2.41. The number of amides is 1. The number of carbonyl (C=O) groups is 1. The highest BCUT2D eigenvalue weighted by Crippen LogP contribution is 2.22. The molecule has 1 N–H and O–H groups in total. The Morgan fingerprint density at radius 3 is 2.88 bits per heavy atom. The van der Waals surface area contributed by atoms with Gasteiger partial charge in [0.05, 0.1) is 6.42 Å². The van der Waals surface area contributed by atoms with Crippen molar-refractivity contribution in [2.45, 2.75) is 12.5 Å². The molecule has 124 valence electrons. The minimum absolute atomic E-state index is 0.0955. The molecule has 2 aromatic heterocycles. The maximum atomic E-state index is 13.8. The van der Waals surface area contributed by atoms with Crippen LogP contribution in [0.3, 0.4) is 0 Å². The van der Waals surface area contributed by atoms with E-state index in [1.807, 2.05) is 29.8 Å². The number of thiophene rings is 1. The highest BCUT2D eigenvalue weighted by atomic mass is 35.5. The van der Waals surface area contributed by atoms with Crippen LogP contribution < -0.4 is 5.32 Å². The van der Waals surface area contributed by atoms with Gasteiger partial charge in [-0.25, -0.2) is 4.39 Å². The first kappa shape index (κ1) is 16.7. The van der Waals surface area contributed by atoms with Crippen LogP contribution >= 0.6 is 22.9 Å². The van der Waals surface area contributed by atoms with E-state index in [4.69, 9.17) is 11.6 Å². The molecule has 0 saturated carbocycles. The topological polar surface area (TPSA) is 46.9 Å². The van der Waals surface area contributed by atoms with Crippen LogP contribution in [0, 0.1) is 5.82 Å². The Bertz CT molecular complexity index is 751.